The van der Waals surface area contributed by atoms with Crippen LogP contribution < -0.4 is 5.32 Å². The Labute approximate surface area is 104 Å². The summed E-state index contributed by atoms with van der Waals surface area (Å²) in [4.78, 5) is 15.6. The molecule has 0 unspecified atom stereocenters. The molecule has 0 bridgehead atoms. The second-order valence-electron chi connectivity index (χ2n) is 3.79. The first-order chi connectivity index (χ1) is 8.65. The smallest absolute Gasteiger partial charge is 0.251 e. The number of phenolic OH excluding ortho intramolecular Hbond substituents is 2. The van der Waals surface area contributed by atoms with Crippen molar-refractivity contribution in [1.82, 2.24) is 14.9 Å². The Hall–Kier alpha value is -2.50. The number of nitrogens with one attached hydrogen (secondary N) is 1. The molecule has 0 radical (unpaired) electrons. The van der Waals surface area contributed by atoms with E-state index >= 15 is 0 Å². The van der Waals surface area contributed by atoms with Gasteiger partial charge in [0.1, 0.15) is 11.5 Å². The zero-order valence-corrected chi connectivity index (χ0v) is 9.58. The predicted molar refractivity (Wildman–Crippen MR) is 64.3 cm³/mol. The van der Waals surface area contributed by atoms with E-state index in [1.807, 2.05) is 4.57 Å². The van der Waals surface area contributed by atoms with Gasteiger partial charge >= 0.3 is 0 Å². The van der Waals surface area contributed by atoms with Crippen LogP contribution in [0.1, 0.15) is 10.4 Å². The molecule has 1 amide bonds. The van der Waals surface area contributed by atoms with Gasteiger partial charge in [0, 0.05) is 37.1 Å². The number of imidazole rings is 1. The maximum atomic E-state index is 11.7. The van der Waals surface area contributed by atoms with Gasteiger partial charge in [-0.15, -0.1) is 0 Å². The Balaban J connectivity index is 1.91. The predicted octanol–water partition coefficient (Wildman–Crippen LogP) is 0.724. The highest BCUT2D eigenvalue weighted by Gasteiger charge is 2.07. The summed E-state index contributed by atoms with van der Waals surface area (Å²) in [5.41, 5.74) is 0.220. The summed E-state index contributed by atoms with van der Waals surface area (Å²) in [6.07, 6.45) is 5.12. The van der Waals surface area contributed by atoms with Gasteiger partial charge in [0.25, 0.3) is 5.91 Å². The van der Waals surface area contributed by atoms with Crippen LogP contribution in [0.15, 0.2) is 36.9 Å². The lowest BCUT2D eigenvalue weighted by molar-refractivity contribution is 0.0951. The molecule has 0 spiro atoms. The maximum absolute atomic E-state index is 11.7. The third kappa shape index (κ3) is 3.00. The van der Waals surface area contributed by atoms with Crippen molar-refractivity contribution in [2.75, 3.05) is 6.54 Å². The SMILES string of the molecule is O=C(NCCn1ccnc1)c1cc(O)cc(O)c1. The van der Waals surface area contributed by atoms with Gasteiger partial charge in [-0.05, 0) is 12.1 Å². The highest BCUT2D eigenvalue weighted by molar-refractivity contribution is 5.94. The molecule has 18 heavy (non-hydrogen) atoms. The molecular weight excluding hydrogens is 234 g/mol. The van der Waals surface area contributed by atoms with E-state index < -0.39 is 0 Å². The van der Waals surface area contributed by atoms with Gasteiger partial charge < -0.3 is 20.1 Å². The molecule has 2 rings (SSSR count). The van der Waals surface area contributed by atoms with Crippen LogP contribution in [0.25, 0.3) is 0 Å². The monoisotopic (exact) mass is 247 g/mol. The van der Waals surface area contributed by atoms with Gasteiger partial charge in [-0.1, -0.05) is 0 Å². The van der Waals surface area contributed by atoms with Crippen LogP contribution in [0.5, 0.6) is 11.5 Å². The van der Waals surface area contributed by atoms with Crippen molar-refractivity contribution in [3.63, 3.8) is 0 Å². The highest BCUT2D eigenvalue weighted by Crippen LogP contribution is 2.20. The molecule has 1 aromatic heterocycles. The number of rotatable bonds is 4. The van der Waals surface area contributed by atoms with Gasteiger partial charge in [-0.25, -0.2) is 4.98 Å². The van der Waals surface area contributed by atoms with Crippen molar-refractivity contribution in [3.05, 3.63) is 42.5 Å². The van der Waals surface area contributed by atoms with Gasteiger partial charge in [0.05, 0.1) is 6.33 Å². The first kappa shape index (κ1) is 12.0. The van der Waals surface area contributed by atoms with Gasteiger partial charge in [-0.3, -0.25) is 4.79 Å². The minimum atomic E-state index is -0.346. The second-order valence-corrected chi connectivity index (χ2v) is 3.79. The van der Waals surface area contributed by atoms with Gasteiger partial charge in [-0.2, -0.15) is 0 Å². The van der Waals surface area contributed by atoms with Gasteiger partial charge in [0.15, 0.2) is 0 Å². The Morgan fingerprint density at radius 1 is 1.28 bits per heavy atom. The number of hydrogen-bond acceptors (Lipinski definition) is 4. The number of amides is 1. The molecule has 6 heteroatoms. The van der Waals surface area contributed by atoms with E-state index in [0.29, 0.717) is 13.1 Å². The van der Waals surface area contributed by atoms with E-state index in [1.165, 1.54) is 18.2 Å². The first-order valence-corrected chi connectivity index (χ1v) is 5.42. The lowest BCUT2D eigenvalue weighted by Crippen LogP contribution is -2.26. The van der Waals surface area contributed by atoms with E-state index in [-0.39, 0.29) is 23.0 Å². The molecule has 0 saturated heterocycles. The Morgan fingerprint density at radius 3 is 2.61 bits per heavy atom. The van der Waals surface area contributed by atoms with Crippen LogP contribution in [-0.4, -0.2) is 32.2 Å². The van der Waals surface area contributed by atoms with Crippen LogP contribution in [0.3, 0.4) is 0 Å². The van der Waals surface area contributed by atoms with Gasteiger partial charge in [0.2, 0.25) is 0 Å². The Bertz CT molecular complexity index is 517. The summed E-state index contributed by atoms with van der Waals surface area (Å²) in [5.74, 6) is -0.633. The van der Waals surface area contributed by atoms with Crippen LogP contribution in [0, 0.1) is 0 Å². The summed E-state index contributed by atoms with van der Waals surface area (Å²) >= 11 is 0. The zero-order valence-electron chi connectivity index (χ0n) is 9.58. The number of benzene rings is 1. The molecule has 0 aliphatic heterocycles. The Morgan fingerprint density at radius 2 is 2.00 bits per heavy atom. The Kier molecular flexibility index (Phi) is 3.47. The maximum Gasteiger partial charge on any atom is 0.251 e. The number of hydrogen-bond donors (Lipinski definition) is 3. The number of aromatic nitrogens is 2. The molecule has 6 nitrogen and oxygen atoms in total. The fourth-order valence-electron chi connectivity index (χ4n) is 1.55. The fourth-order valence-corrected chi connectivity index (χ4v) is 1.55. The number of phenols is 2. The van der Waals surface area contributed by atoms with Crippen molar-refractivity contribution in [1.29, 1.82) is 0 Å². The molecule has 3 N–H and O–H groups in total. The number of aromatic hydroxyl groups is 2. The van der Waals surface area contributed by atoms with Crippen LogP contribution in [0.2, 0.25) is 0 Å². The molecule has 0 aliphatic carbocycles. The highest BCUT2D eigenvalue weighted by atomic mass is 16.3. The average Bonchev–Trinajstić information content (AvgIpc) is 2.80. The fraction of sp³-hybridized carbons (Fsp3) is 0.167. The minimum Gasteiger partial charge on any atom is -0.508 e. The lowest BCUT2D eigenvalue weighted by Gasteiger charge is -2.06. The van der Waals surface area contributed by atoms with E-state index in [9.17, 15) is 15.0 Å². The number of carbonyl (C=O) groups excluding carboxylic acids is 1. The molecule has 0 atom stereocenters. The average molecular weight is 247 g/mol. The second kappa shape index (κ2) is 5.22. The molecule has 1 heterocycles. The molecule has 94 valence electrons. The molecule has 0 aliphatic rings. The summed E-state index contributed by atoms with van der Waals surface area (Å²) in [6, 6.07) is 3.76. The van der Waals surface area contributed by atoms with Crippen molar-refractivity contribution >= 4 is 5.91 Å². The normalized spacial score (nSPS) is 10.2. The third-order valence-electron chi connectivity index (χ3n) is 2.38. The van der Waals surface area contributed by atoms with Crippen molar-refractivity contribution in [2.45, 2.75) is 6.54 Å². The van der Waals surface area contributed by atoms with E-state index in [1.54, 1.807) is 18.7 Å². The molecule has 1 aromatic carbocycles. The molecular formula is C12H13N3O3. The van der Waals surface area contributed by atoms with Crippen LogP contribution in [-0.2, 0) is 6.54 Å². The van der Waals surface area contributed by atoms with E-state index in [4.69, 9.17) is 0 Å². The topological polar surface area (TPSA) is 87.4 Å². The minimum absolute atomic E-state index is 0.144. The molecule has 0 fully saturated rings. The third-order valence-corrected chi connectivity index (χ3v) is 2.38. The summed E-state index contributed by atoms with van der Waals surface area (Å²) in [6.45, 7) is 1.04. The number of carbonyl (C=O) groups is 1. The van der Waals surface area contributed by atoms with Crippen molar-refractivity contribution < 1.29 is 15.0 Å². The summed E-state index contributed by atoms with van der Waals surface area (Å²) in [5, 5.41) is 21.2. The van der Waals surface area contributed by atoms with E-state index in [2.05, 4.69) is 10.3 Å². The standard InChI is InChI=1S/C12H13N3O3/c16-10-5-9(6-11(17)7-10)12(18)14-2-4-15-3-1-13-8-15/h1,3,5-8,16-17H,2,4H2,(H,14,18). The summed E-state index contributed by atoms with van der Waals surface area (Å²) < 4.78 is 1.83. The summed E-state index contributed by atoms with van der Waals surface area (Å²) in [7, 11) is 0. The largest absolute Gasteiger partial charge is 0.508 e. The van der Waals surface area contributed by atoms with E-state index in [0.717, 1.165) is 0 Å². The first-order valence-electron chi connectivity index (χ1n) is 5.42. The van der Waals surface area contributed by atoms with Crippen LogP contribution >= 0.6 is 0 Å². The zero-order chi connectivity index (χ0) is 13.0. The lowest BCUT2D eigenvalue weighted by atomic mass is 10.2. The van der Waals surface area contributed by atoms with Crippen molar-refractivity contribution in [3.8, 4) is 11.5 Å². The molecule has 2 aromatic rings. The molecule has 0 saturated carbocycles. The van der Waals surface area contributed by atoms with Crippen LogP contribution in [0.4, 0.5) is 0 Å². The number of nitrogens with zero attached hydrogens (tertiary/aromatic N) is 2. The van der Waals surface area contributed by atoms with Crippen molar-refractivity contribution in [2.24, 2.45) is 0 Å². The quantitative estimate of drug-likeness (QED) is 0.743.